The summed E-state index contributed by atoms with van der Waals surface area (Å²) >= 11 is 3.42. The Balaban J connectivity index is 2.14. The van der Waals surface area contributed by atoms with Gasteiger partial charge in [0.2, 0.25) is 0 Å². The Hall–Kier alpha value is -0.510. The fourth-order valence-corrected chi connectivity index (χ4v) is 2.80. The minimum atomic E-state index is 0.480. The van der Waals surface area contributed by atoms with Gasteiger partial charge in [-0.3, -0.25) is 0 Å². The van der Waals surface area contributed by atoms with Crippen LogP contribution in [0.4, 0.5) is 5.82 Å². The molecule has 0 saturated heterocycles. The summed E-state index contributed by atoms with van der Waals surface area (Å²) < 4.78 is 2.90. The summed E-state index contributed by atoms with van der Waals surface area (Å²) in [7, 11) is 0. The summed E-state index contributed by atoms with van der Waals surface area (Å²) in [5.41, 5.74) is 6.49. The molecule has 3 nitrogen and oxygen atoms in total. The van der Waals surface area contributed by atoms with E-state index in [1.54, 1.807) is 6.20 Å². The maximum Gasteiger partial charge on any atom is 0.136 e. The molecule has 0 spiro atoms. The molecule has 2 N–H and O–H groups in total. The van der Waals surface area contributed by atoms with Gasteiger partial charge in [-0.2, -0.15) is 5.10 Å². The Morgan fingerprint density at radius 2 is 2.19 bits per heavy atom. The molecule has 4 heteroatoms. The van der Waals surface area contributed by atoms with Crippen LogP contribution in [0.25, 0.3) is 0 Å². The zero-order valence-corrected chi connectivity index (χ0v) is 11.6. The highest BCUT2D eigenvalue weighted by molar-refractivity contribution is 9.10. The normalized spacial score (nSPS) is 25.3. The van der Waals surface area contributed by atoms with Gasteiger partial charge in [0.25, 0.3) is 0 Å². The number of aromatic nitrogens is 2. The van der Waals surface area contributed by atoms with Crippen LogP contribution in [0.2, 0.25) is 0 Å². The van der Waals surface area contributed by atoms with Crippen LogP contribution in [-0.2, 0) is 0 Å². The summed E-state index contributed by atoms with van der Waals surface area (Å²) in [5, 5.41) is 4.37. The van der Waals surface area contributed by atoms with Crippen molar-refractivity contribution in [3.8, 4) is 0 Å². The predicted molar refractivity (Wildman–Crippen MR) is 70.2 cm³/mol. The van der Waals surface area contributed by atoms with Gasteiger partial charge >= 0.3 is 0 Å². The van der Waals surface area contributed by atoms with E-state index in [0.29, 0.717) is 11.5 Å². The Bertz CT molecular complexity index is 370. The molecule has 0 radical (unpaired) electrons. The third kappa shape index (κ3) is 2.42. The zero-order valence-electron chi connectivity index (χ0n) is 10.0. The zero-order chi connectivity index (χ0) is 11.8. The first-order valence-electron chi connectivity index (χ1n) is 5.98. The first kappa shape index (κ1) is 12.0. The SMILES string of the molecule is CC1(C)CCCC(n2ncc(Br)c2N)CC1. The van der Waals surface area contributed by atoms with E-state index in [1.807, 2.05) is 4.68 Å². The topological polar surface area (TPSA) is 43.8 Å². The highest BCUT2D eigenvalue weighted by Gasteiger charge is 2.26. The maximum absolute atomic E-state index is 6.01. The lowest BCUT2D eigenvalue weighted by molar-refractivity contribution is 0.305. The van der Waals surface area contributed by atoms with Crippen LogP contribution >= 0.6 is 15.9 Å². The molecule has 0 bridgehead atoms. The van der Waals surface area contributed by atoms with Gasteiger partial charge in [0.05, 0.1) is 16.7 Å². The molecule has 1 saturated carbocycles. The minimum Gasteiger partial charge on any atom is -0.383 e. The van der Waals surface area contributed by atoms with E-state index in [4.69, 9.17) is 5.73 Å². The molecule has 1 aromatic heterocycles. The van der Waals surface area contributed by atoms with Gasteiger partial charge in [-0.15, -0.1) is 0 Å². The number of hydrogen-bond acceptors (Lipinski definition) is 2. The lowest BCUT2D eigenvalue weighted by Gasteiger charge is -2.22. The fraction of sp³-hybridized carbons (Fsp3) is 0.750. The van der Waals surface area contributed by atoms with E-state index < -0.39 is 0 Å². The smallest absolute Gasteiger partial charge is 0.136 e. The molecule has 0 aliphatic heterocycles. The van der Waals surface area contributed by atoms with Crippen molar-refractivity contribution in [3.63, 3.8) is 0 Å². The largest absolute Gasteiger partial charge is 0.383 e. The second kappa shape index (κ2) is 4.40. The first-order valence-corrected chi connectivity index (χ1v) is 6.77. The van der Waals surface area contributed by atoms with Crippen LogP contribution in [0.5, 0.6) is 0 Å². The summed E-state index contributed by atoms with van der Waals surface area (Å²) in [4.78, 5) is 0. The average molecular weight is 286 g/mol. The third-order valence-corrected chi connectivity index (χ3v) is 4.29. The van der Waals surface area contributed by atoms with E-state index in [9.17, 15) is 0 Å². The van der Waals surface area contributed by atoms with Crippen LogP contribution < -0.4 is 5.73 Å². The molecule has 1 heterocycles. The van der Waals surface area contributed by atoms with Gasteiger partial charge in [0.1, 0.15) is 5.82 Å². The molecule has 1 atom stereocenters. The molecule has 0 aromatic carbocycles. The van der Waals surface area contributed by atoms with Gasteiger partial charge in [0, 0.05) is 0 Å². The van der Waals surface area contributed by atoms with Gasteiger partial charge in [-0.1, -0.05) is 20.3 Å². The molecular weight excluding hydrogens is 266 g/mol. The monoisotopic (exact) mass is 285 g/mol. The van der Waals surface area contributed by atoms with Gasteiger partial charge in [-0.25, -0.2) is 4.68 Å². The maximum atomic E-state index is 6.01. The van der Waals surface area contributed by atoms with Gasteiger partial charge in [-0.05, 0) is 47.0 Å². The van der Waals surface area contributed by atoms with Gasteiger partial charge < -0.3 is 5.73 Å². The van der Waals surface area contributed by atoms with Crippen LogP contribution in [0.1, 0.15) is 52.0 Å². The second-order valence-corrected chi connectivity index (χ2v) is 6.43. The Kier molecular flexibility index (Phi) is 3.29. The summed E-state index contributed by atoms with van der Waals surface area (Å²) in [6.07, 6.45) is 8.02. The Morgan fingerprint density at radius 3 is 2.81 bits per heavy atom. The van der Waals surface area contributed by atoms with Crippen molar-refractivity contribution in [1.82, 2.24) is 9.78 Å². The molecule has 1 aromatic rings. The number of rotatable bonds is 1. The first-order chi connectivity index (χ1) is 7.49. The van der Waals surface area contributed by atoms with E-state index in [1.165, 1.54) is 32.1 Å². The van der Waals surface area contributed by atoms with Crippen molar-refractivity contribution in [2.45, 2.75) is 52.0 Å². The quantitative estimate of drug-likeness (QED) is 0.799. The standard InChI is InChI=1S/C12H20BrN3/c1-12(2)6-3-4-9(5-7-12)16-11(14)10(13)8-15-16/h8-9H,3-7,14H2,1-2H3. The summed E-state index contributed by atoms with van der Waals surface area (Å²) in [6, 6.07) is 0.480. The molecule has 2 rings (SSSR count). The fourth-order valence-electron chi connectivity index (χ4n) is 2.53. The molecular formula is C12H20BrN3. The molecule has 1 aliphatic carbocycles. The second-order valence-electron chi connectivity index (χ2n) is 5.57. The van der Waals surface area contributed by atoms with Crippen LogP contribution in [-0.4, -0.2) is 9.78 Å². The highest BCUT2D eigenvalue weighted by Crippen LogP contribution is 2.39. The third-order valence-electron chi connectivity index (χ3n) is 3.68. The molecule has 0 amide bonds. The highest BCUT2D eigenvalue weighted by atomic mass is 79.9. The number of nitrogens with zero attached hydrogens (tertiary/aromatic N) is 2. The van der Waals surface area contributed by atoms with E-state index in [0.717, 1.165) is 10.3 Å². The van der Waals surface area contributed by atoms with Crippen molar-refractivity contribution in [2.24, 2.45) is 5.41 Å². The predicted octanol–water partition coefficient (Wildman–Crippen LogP) is 3.76. The Labute approximate surface area is 106 Å². The van der Waals surface area contributed by atoms with Crippen molar-refractivity contribution in [1.29, 1.82) is 0 Å². The van der Waals surface area contributed by atoms with E-state index in [2.05, 4.69) is 34.9 Å². The molecule has 1 unspecified atom stereocenters. The molecule has 16 heavy (non-hydrogen) atoms. The molecule has 1 fully saturated rings. The van der Waals surface area contributed by atoms with Gasteiger partial charge in [0.15, 0.2) is 0 Å². The van der Waals surface area contributed by atoms with Crippen molar-refractivity contribution in [2.75, 3.05) is 5.73 Å². The lowest BCUT2D eigenvalue weighted by atomic mass is 9.85. The van der Waals surface area contributed by atoms with Crippen molar-refractivity contribution in [3.05, 3.63) is 10.7 Å². The minimum absolute atomic E-state index is 0.480. The van der Waals surface area contributed by atoms with Crippen molar-refractivity contribution >= 4 is 21.7 Å². The number of nitrogen functional groups attached to an aromatic ring is 1. The number of halogens is 1. The Morgan fingerprint density at radius 1 is 1.44 bits per heavy atom. The van der Waals surface area contributed by atoms with E-state index >= 15 is 0 Å². The van der Waals surface area contributed by atoms with Crippen LogP contribution in [0, 0.1) is 5.41 Å². The van der Waals surface area contributed by atoms with Crippen LogP contribution in [0.3, 0.4) is 0 Å². The summed E-state index contributed by atoms with van der Waals surface area (Å²) in [5.74, 6) is 0.768. The average Bonchev–Trinajstić information content (AvgIpc) is 2.45. The lowest BCUT2D eigenvalue weighted by Crippen LogP contribution is -2.14. The van der Waals surface area contributed by atoms with Crippen molar-refractivity contribution < 1.29 is 0 Å². The van der Waals surface area contributed by atoms with E-state index in [-0.39, 0.29) is 0 Å². The number of hydrogen-bond donors (Lipinski definition) is 1. The van der Waals surface area contributed by atoms with Crippen LogP contribution in [0.15, 0.2) is 10.7 Å². The summed E-state index contributed by atoms with van der Waals surface area (Å²) in [6.45, 7) is 4.72. The number of nitrogens with two attached hydrogens (primary N) is 1. The molecule has 1 aliphatic rings. The number of anilines is 1. The molecule has 90 valence electrons.